The molecule has 37 heavy (non-hydrogen) atoms. The van der Waals surface area contributed by atoms with E-state index in [0.29, 0.717) is 19.6 Å². The predicted octanol–water partition coefficient (Wildman–Crippen LogP) is 1.40. The summed E-state index contributed by atoms with van der Waals surface area (Å²) in [6.45, 7) is 5.00. The highest BCUT2D eigenvalue weighted by Crippen LogP contribution is 2.13. The normalized spacial score (nSPS) is 15.6. The van der Waals surface area contributed by atoms with E-state index < -0.39 is 41.5 Å². The van der Waals surface area contributed by atoms with E-state index in [-0.39, 0.29) is 31.6 Å². The minimum Gasteiger partial charge on any atom is -0.390 e. The molecular weight excluding hydrogens is 482 g/mol. The predicted molar refractivity (Wildman–Crippen MR) is 134 cm³/mol. The van der Waals surface area contributed by atoms with E-state index in [9.17, 15) is 28.3 Å². The molecule has 2 aromatic rings. The van der Waals surface area contributed by atoms with Crippen LogP contribution in [0.4, 0.5) is 8.78 Å². The molecule has 200 valence electrons. The molecule has 3 rings (SSSR count). The van der Waals surface area contributed by atoms with Gasteiger partial charge in [-0.2, -0.15) is 0 Å². The lowest BCUT2D eigenvalue weighted by molar-refractivity contribution is -0.156. The summed E-state index contributed by atoms with van der Waals surface area (Å²) in [4.78, 5) is 39.9. The van der Waals surface area contributed by atoms with Gasteiger partial charge in [0.25, 0.3) is 0 Å². The Hall–Kier alpha value is -3.37. The van der Waals surface area contributed by atoms with Gasteiger partial charge in [-0.25, -0.2) is 8.78 Å². The van der Waals surface area contributed by atoms with Crippen molar-refractivity contribution in [3.63, 3.8) is 0 Å². The molecule has 1 aliphatic rings. The molecule has 0 spiro atoms. The molecule has 0 radical (unpaired) electrons. The van der Waals surface area contributed by atoms with Gasteiger partial charge in [0.15, 0.2) is 0 Å². The Morgan fingerprint density at radius 3 is 2.30 bits per heavy atom. The highest BCUT2D eigenvalue weighted by atomic mass is 19.1. The van der Waals surface area contributed by atoms with Crippen LogP contribution in [0.25, 0.3) is 0 Å². The molecule has 10 heteroatoms. The van der Waals surface area contributed by atoms with Crippen molar-refractivity contribution in [1.29, 1.82) is 0 Å². The summed E-state index contributed by atoms with van der Waals surface area (Å²) in [7, 11) is 0. The van der Waals surface area contributed by atoms with E-state index in [0.717, 1.165) is 35.1 Å². The number of hydrogen-bond donors (Lipinski definition) is 3. The fourth-order valence-electron chi connectivity index (χ4n) is 4.33. The molecule has 0 aliphatic carbocycles. The maximum absolute atomic E-state index is 13.8. The average molecular weight is 517 g/mol. The van der Waals surface area contributed by atoms with Gasteiger partial charge in [-0.1, -0.05) is 31.2 Å². The standard InChI is InChI=1S/C27H34F2N4O4/c1-3-18-6-5-7-19(10-18)15-30-16-24(34)23(13-20-11-21(28)14-22(29)12-20)31-25(35)17-33-9-8-32(4-2)26(36)27(33)37/h5-7,10-12,14,23-24,30,34H,3-4,8-9,13,15-17H2,1-2H3,(H,31,35)/t23-,24+/m0/s1. The van der Waals surface area contributed by atoms with E-state index in [4.69, 9.17) is 0 Å². The van der Waals surface area contributed by atoms with Crippen molar-refractivity contribution in [3.8, 4) is 0 Å². The molecule has 1 heterocycles. The van der Waals surface area contributed by atoms with Crippen LogP contribution in [0.5, 0.6) is 0 Å². The third-order valence-corrected chi connectivity index (χ3v) is 6.38. The molecule has 0 bridgehead atoms. The van der Waals surface area contributed by atoms with Crippen molar-refractivity contribution in [2.45, 2.75) is 45.4 Å². The number of aryl methyl sites for hydroxylation is 1. The number of carbonyl (C=O) groups excluding carboxylic acids is 3. The number of likely N-dealkylation sites (N-methyl/N-ethyl adjacent to an activating group) is 1. The van der Waals surface area contributed by atoms with Crippen LogP contribution in [0.1, 0.15) is 30.5 Å². The molecule has 1 saturated heterocycles. The van der Waals surface area contributed by atoms with Crippen molar-refractivity contribution in [3.05, 3.63) is 70.8 Å². The minimum atomic E-state index is -1.10. The number of piperazine rings is 1. The third kappa shape index (κ3) is 8.06. The second-order valence-corrected chi connectivity index (χ2v) is 9.14. The molecule has 0 aromatic heterocycles. The first-order valence-electron chi connectivity index (χ1n) is 12.5. The van der Waals surface area contributed by atoms with Crippen LogP contribution in [0.3, 0.4) is 0 Å². The highest BCUT2D eigenvalue weighted by Gasteiger charge is 2.33. The van der Waals surface area contributed by atoms with Crippen LogP contribution in [0.2, 0.25) is 0 Å². The Balaban J connectivity index is 1.65. The van der Waals surface area contributed by atoms with Crippen molar-refractivity contribution in [2.24, 2.45) is 0 Å². The molecule has 0 saturated carbocycles. The number of amides is 3. The van der Waals surface area contributed by atoms with Crippen molar-refractivity contribution >= 4 is 17.7 Å². The smallest absolute Gasteiger partial charge is 0.312 e. The van der Waals surface area contributed by atoms with Gasteiger partial charge in [-0.15, -0.1) is 0 Å². The Bertz CT molecular complexity index is 1090. The summed E-state index contributed by atoms with van der Waals surface area (Å²) in [5.74, 6) is -3.53. The van der Waals surface area contributed by atoms with Crippen LogP contribution in [-0.2, 0) is 33.8 Å². The number of halogens is 2. The number of aliphatic hydroxyl groups is 1. The number of hydrogen-bond acceptors (Lipinski definition) is 5. The number of nitrogens with one attached hydrogen (secondary N) is 2. The summed E-state index contributed by atoms with van der Waals surface area (Å²) >= 11 is 0. The Labute approximate surface area is 215 Å². The van der Waals surface area contributed by atoms with Gasteiger partial charge in [-0.3, -0.25) is 14.4 Å². The number of benzene rings is 2. The van der Waals surface area contributed by atoms with Gasteiger partial charge >= 0.3 is 11.8 Å². The van der Waals surface area contributed by atoms with Gasteiger partial charge in [0, 0.05) is 38.8 Å². The molecular formula is C27H34F2N4O4. The van der Waals surface area contributed by atoms with Crippen LogP contribution in [-0.4, -0.2) is 77.5 Å². The zero-order valence-corrected chi connectivity index (χ0v) is 21.2. The zero-order chi connectivity index (χ0) is 26.9. The molecule has 2 aromatic carbocycles. The Morgan fingerprint density at radius 1 is 0.973 bits per heavy atom. The first kappa shape index (κ1) is 28.2. The first-order valence-corrected chi connectivity index (χ1v) is 12.5. The molecule has 2 atom stereocenters. The molecule has 1 aliphatic heterocycles. The minimum absolute atomic E-state index is 0.0366. The summed E-state index contributed by atoms with van der Waals surface area (Å²) in [6, 6.07) is 10.1. The van der Waals surface area contributed by atoms with E-state index in [1.54, 1.807) is 6.92 Å². The maximum atomic E-state index is 13.8. The monoisotopic (exact) mass is 516 g/mol. The first-order chi connectivity index (χ1) is 17.7. The van der Waals surface area contributed by atoms with Crippen molar-refractivity contribution in [1.82, 2.24) is 20.4 Å². The SMILES string of the molecule is CCc1cccc(CNC[C@@H](O)[C@H](Cc2cc(F)cc(F)c2)NC(=O)CN2CCN(CC)C(=O)C2=O)c1. The summed E-state index contributed by atoms with van der Waals surface area (Å²) in [5.41, 5.74) is 2.49. The van der Waals surface area contributed by atoms with Gasteiger partial charge in [-0.05, 0) is 48.6 Å². The third-order valence-electron chi connectivity index (χ3n) is 6.38. The van der Waals surface area contributed by atoms with E-state index in [2.05, 4.69) is 23.6 Å². The van der Waals surface area contributed by atoms with Crippen LogP contribution >= 0.6 is 0 Å². The van der Waals surface area contributed by atoms with Gasteiger partial charge in [0.2, 0.25) is 5.91 Å². The second-order valence-electron chi connectivity index (χ2n) is 9.14. The fourth-order valence-corrected chi connectivity index (χ4v) is 4.33. The average Bonchev–Trinajstić information content (AvgIpc) is 2.86. The lowest BCUT2D eigenvalue weighted by Crippen LogP contribution is -2.57. The largest absolute Gasteiger partial charge is 0.390 e. The molecule has 0 unspecified atom stereocenters. The maximum Gasteiger partial charge on any atom is 0.312 e. The quantitative estimate of drug-likeness (QED) is 0.370. The molecule has 1 fully saturated rings. The van der Waals surface area contributed by atoms with Gasteiger partial charge in [0.05, 0.1) is 12.1 Å². The molecule has 8 nitrogen and oxygen atoms in total. The Kier molecular flexibility index (Phi) is 10.1. The Morgan fingerprint density at radius 2 is 1.62 bits per heavy atom. The molecule has 3 amide bonds. The number of carbonyl (C=O) groups is 3. The van der Waals surface area contributed by atoms with Gasteiger partial charge in [0.1, 0.15) is 18.2 Å². The highest BCUT2D eigenvalue weighted by molar-refractivity contribution is 6.35. The van der Waals surface area contributed by atoms with Crippen LogP contribution < -0.4 is 10.6 Å². The van der Waals surface area contributed by atoms with Crippen LogP contribution in [0.15, 0.2) is 42.5 Å². The summed E-state index contributed by atoms with van der Waals surface area (Å²) in [5, 5.41) is 16.7. The lowest BCUT2D eigenvalue weighted by Gasteiger charge is -2.33. The second kappa shape index (κ2) is 13.3. The topological polar surface area (TPSA) is 102 Å². The number of rotatable bonds is 12. The van der Waals surface area contributed by atoms with Crippen molar-refractivity contribution in [2.75, 3.05) is 32.7 Å². The number of nitrogens with zero attached hydrogens (tertiary/aromatic N) is 2. The van der Waals surface area contributed by atoms with Gasteiger partial charge < -0.3 is 25.5 Å². The zero-order valence-electron chi connectivity index (χ0n) is 21.2. The fraction of sp³-hybridized carbons (Fsp3) is 0.444. The summed E-state index contributed by atoms with van der Waals surface area (Å²) < 4.78 is 27.5. The van der Waals surface area contributed by atoms with E-state index in [1.807, 2.05) is 18.2 Å². The molecule has 3 N–H and O–H groups in total. The van der Waals surface area contributed by atoms with E-state index >= 15 is 0 Å². The number of aliphatic hydroxyl groups excluding tert-OH is 1. The van der Waals surface area contributed by atoms with E-state index in [1.165, 1.54) is 10.5 Å². The lowest BCUT2D eigenvalue weighted by atomic mass is 10.0. The van der Waals surface area contributed by atoms with Crippen LogP contribution in [0, 0.1) is 11.6 Å². The van der Waals surface area contributed by atoms with Crippen molar-refractivity contribution < 1.29 is 28.3 Å². The summed E-state index contributed by atoms with van der Waals surface area (Å²) in [6.07, 6.45) is -0.236.